The highest BCUT2D eigenvalue weighted by molar-refractivity contribution is 5.95. The van der Waals surface area contributed by atoms with Crippen LogP contribution in [0.2, 0.25) is 0 Å². The lowest BCUT2D eigenvalue weighted by atomic mass is 10.2. The molecule has 0 aliphatic carbocycles. The summed E-state index contributed by atoms with van der Waals surface area (Å²) >= 11 is 0. The molecular formula is C13H21N3O. The van der Waals surface area contributed by atoms with Crippen LogP contribution < -0.4 is 15.5 Å². The highest BCUT2D eigenvalue weighted by atomic mass is 16.1. The van der Waals surface area contributed by atoms with Gasteiger partial charge in [0, 0.05) is 38.4 Å². The van der Waals surface area contributed by atoms with Gasteiger partial charge in [-0.2, -0.15) is 0 Å². The van der Waals surface area contributed by atoms with Crippen LogP contribution in [0.4, 0.5) is 5.69 Å². The van der Waals surface area contributed by atoms with Crippen LogP contribution in [-0.4, -0.2) is 39.6 Å². The molecule has 0 unspecified atom stereocenters. The van der Waals surface area contributed by atoms with Crippen LogP contribution >= 0.6 is 0 Å². The van der Waals surface area contributed by atoms with Crippen molar-refractivity contribution in [2.24, 2.45) is 0 Å². The van der Waals surface area contributed by atoms with Crippen LogP contribution in [-0.2, 0) is 0 Å². The molecule has 1 aromatic carbocycles. The molecule has 0 saturated carbocycles. The Balaban J connectivity index is 2.53. The highest BCUT2D eigenvalue weighted by Gasteiger charge is 2.05. The molecule has 0 aliphatic rings. The Hall–Kier alpha value is -1.55. The topological polar surface area (TPSA) is 44.4 Å². The molecule has 0 heterocycles. The first-order valence-corrected chi connectivity index (χ1v) is 5.91. The monoisotopic (exact) mass is 235 g/mol. The van der Waals surface area contributed by atoms with Gasteiger partial charge in [0.15, 0.2) is 0 Å². The van der Waals surface area contributed by atoms with Crippen LogP contribution in [0.1, 0.15) is 17.3 Å². The first-order valence-electron chi connectivity index (χ1n) is 5.91. The molecule has 0 atom stereocenters. The summed E-state index contributed by atoms with van der Waals surface area (Å²) in [6.45, 7) is 4.42. The lowest BCUT2D eigenvalue weighted by Crippen LogP contribution is -2.31. The Bertz CT molecular complexity index is 363. The van der Waals surface area contributed by atoms with E-state index in [1.807, 2.05) is 50.2 Å². The quantitative estimate of drug-likeness (QED) is 0.726. The number of likely N-dealkylation sites (N-methyl/N-ethyl adjacent to an activating group) is 1. The fourth-order valence-corrected chi connectivity index (χ4v) is 1.47. The number of carbonyl (C=O) groups excluding carboxylic acids is 1. The maximum absolute atomic E-state index is 11.8. The summed E-state index contributed by atoms with van der Waals surface area (Å²) in [5.74, 6) is -0.0217. The van der Waals surface area contributed by atoms with Crippen molar-refractivity contribution in [3.05, 3.63) is 29.8 Å². The Morgan fingerprint density at radius 2 is 2.06 bits per heavy atom. The number of benzene rings is 1. The Labute approximate surface area is 103 Å². The van der Waals surface area contributed by atoms with Gasteiger partial charge in [0.2, 0.25) is 0 Å². The van der Waals surface area contributed by atoms with Crippen LogP contribution in [0.5, 0.6) is 0 Å². The van der Waals surface area contributed by atoms with E-state index in [9.17, 15) is 4.79 Å². The minimum Gasteiger partial charge on any atom is -0.378 e. The summed E-state index contributed by atoms with van der Waals surface area (Å²) in [7, 11) is 3.92. The molecule has 1 rings (SSSR count). The van der Waals surface area contributed by atoms with Gasteiger partial charge in [0.05, 0.1) is 0 Å². The number of carbonyl (C=O) groups is 1. The lowest BCUT2D eigenvalue weighted by Gasteiger charge is -2.13. The summed E-state index contributed by atoms with van der Waals surface area (Å²) in [6.07, 6.45) is 0. The van der Waals surface area contributed by atoms with Gasteiger partial charge in [-0.3, -0.25) is 4.79 Å². The molecule has 4 heteroatoms. The molecule has 0 aliphatic heterocycles. The molecule has 0 saturated heterocycles. The largest absolute Gasteiger partial charge is 0.378 e. The average molecular weight is 235 g/mol. The molecule has 0 bridgehead atoms. The van der Waals surface area contributed by atoms with Crippen molar-refractivity contribution in [2.45, 2.75) is 6.92 Å². The van der Waals surface area contributed by atoms with Crippen molar-refractivity contribution in [3.8, 4) is 0 Å². The summed E-state index contributed by atoms with van der Waals surface area (Å²) in [5.41, 5.74) is 1.73. The molecule has 94 valence electrons. The van der Waals surface area contributed by atoms with Crippen LogP contribution in [0.25, 0.3) is 0 Å². The molecule has 1 aromatic rings. The fourth-order valence-electron chi connectivity index (χ4n) is 1.47. The predicted molar refractivity (Wildman–Crippen MR) is 71.6 cm³/mol. The Morgan fingerprint density at radius 3 is 2.71 bits per heavy atom. The normalized spacial score (nSPS) is 10.1. The molecule has 17 heavy (non-hydrogen) atoms. The van der Waals surface area contributed by atoms with Crippen LogP contribution in [0.3, 0.4) is 0 Å². The maximum atomic E-state index is 11.8. The van der Waals surface area contributed by atoms with Crippen molar-refractivity contribution in [1.29, 1.82) is 0 Å². The summed E-state index contributed by atoms with van der Waals surface area (Å²) in [4.78, 5) is 13.8. The molecule has 4 nitrogen and oxygen atoms in total. The second-order valence-electron chi connectivity index (χ2n) is 4.05. The summed E-state index contributed by atoms with van der Waals surface area (Å²) in [6, 6.07) is 7.60. The molecular weight excluding hydrogens is 214 g/mol. The Morgan fingerprint density at radius 1 is 1.29 bits per heavy atom. The molecule has 2 N–H and O–H groups in total. The van der Waals surface area contributed by atoms with E-state index in [-0.39, 0.29) is 5.91 Å². The third kappa shape index (κ3) is 4.44. The number of amides is 1. The van der Waals surface area contributed by atoms with Gasteiger partial charge in [-0.05, 0) is 24.7 Å². The van der Waals surface area contributed by atoms with Gasteiger partial charge >= 0.3 is 0 Å². The number of hydrogen-bond donors (Lipinski definition) is 2. The number of anilines is 1. The van der Waals surface area contributed by atoms with E-state index >= 15 is 0 Å². The molecule has 0 fully saturated rings. The lowest BCUT2D eigenvalue weighted by molar-refractivity contribution is 0.0954. The highest BCUT2D eigenvalue weighted by Crippen LogP contribution is 2.12. The van der Waals surface area contributed by atoms with Gasteiger partial charge in [0.25, 0.3) is 5.91 Å². The maximum Gasteiger partial charge on any atom is 0.251 e. The van der Waals surface area contributed by atoms with E-state index in [1.54, 1.807) is 0 Å². The van der Waals surface area contributed by atoms with E-state index in [2.05, 4.69) is 10.6 Å². The zero-order chi connectivity index (χ0) is 12.7. The number of nitrogens with one attached hydrogen (secondary N) is 2. The third-order valence-corrected chi connectivity index (χ3v) is 2.46. The van der Waals surface area contributed by atoms with Gasteiger partial charge < -0.3 is 15.5 Å². The Kier molecular flexibility index (Phi) is 5.49. The molecule has 0 aromatic heterocycles. The van der Waals surface area contributed by atoms with Gasteiger partial charge in [-0.25, -0.2) is 0 Å². The summed E-state index contributed by atoms with van der Waals surface area (Å²) in [5, 5.41) is 6.04. The van der Waals surface area contributed by atoms with E-state index in [0.717, 1.165) is 18.8 Å². The van der Waals surface area contributed by atoms with Gasteiger partial charge in [-0.1, -0.05) is 13.0 Å². The molecule has 0 radical (unpaired) electrons. The first kappa shape index (κ1) is 13.5. The zero-order valence-corrected chi connectivity index (χ0v) is 10.8. The van der Waals surface area contributed by atoms with E-state index in [1.165, 1.54) is 0 Å². The minimum absolute atomic E-state index is 0.0217. The van der Waals surface area contributed by atoms with Gasteiger partial charge in [0.1, 0.15) is 0 Å². The van der Waals surface area contributed by atoms with Crippen LogP contribution in [0.15, 0.2) is 24.3 Å². The van der Waals surface area contributed by atoms with Gasteiger partial charge in [-0.15, -0.1) is 0 Å². The van der Waals surface area contributed by atoms with E-state index in [4.69, 9.17) is 0 Å². The fraction of sp³-hybridized carbons (Fsp3) is 0.462. The standard InChI is InChI=1S/C13H21N3O/c1-4-14-8-9-15-13(17)11-6-5-7-12(10-11)16(2)3/h5-7,10,14H,4,8-9H2,1-3H3,(H,15,17). The second kappa shape index (κ2) is 6.91. The SMILES string of the molecule is CCNCCNC(=O)c1cccc(N(C)C)c1. The molecule has 1 amide bonds. The third-order valence-electron chi connectivity index (χ3n) is 2.46. The van der Waals surface area contributed by atoms with Crippen molar-refractivity contribution < 1.29 is 4.79 Å². The number of nitrogens with zero attached hydrogens (tertiary/aromatic N) is 1. The second-order valence-corrected chi connectivity index (χ2v) is 4.05. The van der Waals surface area contributed by atoms with Crippen LogP contribution in [0, 0.1) is 0 Å². The minimum atomic E-state index is -0.0217. The van der Waals surface area contributed by atoms with E-state index < -0.39 is 0 Å². The van der Waals surface area contributed by atoms with Crippen molar-refractivity contribution >= 4 is 11.6 Å². The van der Waals surface area contributed by atoms with E-state index in [0.29, 0.717) is 12.1 Å². The van der Waals surface area contributed by atoms with Crippen molar-refractivity contribution in [1.82, 2.24) is 10.6 Å². The zero-order valence-electron chi connectivity index (χ0n) is 10.8. The average Bonchev–Trinajstić information content (AvgIpc) is 2.34. The van der Waals surface area contributed by atoms with Crippen molar-refractivity contribution in [3.63, 3.8) is 0 Å². The first-order chi connectivity index (χ1) is 8.15. The summed E-state index contributed by atoms with van der Waals surface area (Å²) < 4.78 is 0. The number of hydrogen-bond acceptors (Lipinski definition) is 3. The molecule has 0 spiro atoms. The smallest absolute Gasteiger partial charge is 0.251 e. The number of rotatable bonds is 6. The predicted octanol–water partition coefficient (Wildman–Crippen LogP) is 1.09. The van der Waals surface area contributed by atoms with Crippen molar-refractivity contribution in [2.75, 3.05) is 38.6 Å².